The van der Waals surface area contributed by atoms with Crippen LogP contribution in [-0.2, 0) is 23.8 Å². The van der Waals surface area contributed by atoms with E-state index in [0.717, 1.165) is 0 Å². The molecule has 0 radical (unpaired) electrons. The van der Waals surface area contributed by atoms with Crippen molar-refractivity contribution in [2.75, 3.05) is 13.2 Å². The molecule has 3 rings (SSSR count). The van der Waals surface area contributed by atoms with E-state index < -0.39 is 11.8 Å². The van der Waals surface area contributed by atoms with Crippen molar-refractivity contribution in [3.05, 3.63) is 25.3 Å². The van der Waals surface area contributed by atoms with E-state index in [1.165, 1.54) is 12.2 Å². The molecule has 6 atom stereocenters. The summed E-state index contributed by atoms with van der Waals surface area (Å²) in [6, 6.07) is 0. The highest BCUT2D eigenvalue weighted by molar-refractivity contribution is 5.84. The molecule has 1 saturated heterocycles. The normalized spacial score (nSPS) is 42.0. The number of esters is 2. The number of fused-ring (bicyclic) bond motifs is 5. The lowest BCUT2D eigenvalue weighted by Crippen LogP contribution is -2.39. The first-order chi connectivity index (χ1) is 10.1. The van der Waals surface area contributed by atoms with Gasteiger partial charge in [0, 0.05) is 11.8 Å². The highest BCUT2D eigenvalue weighted by Crippen LogP contribution is 2.64. The maximum atomic E-state index is 12.3. The van der Waals surface area contributed by atoms with Crippen molar-refractivity contribution in [2.45, 2.75) is 19.1 Å². The van der Waals surface area contributed by atoms with E-state index >= 15 is 0 Å². The minimum atomic E-state index is -0.467. The van der Waals surface area contributed by atoms with Crippen LogP contribution in [0.2, 0.25) is 0 Å². The number of carbonyl (C=O) groups excluding carboxylic acids is 2. The van der Waals surface area contributed by atoms with Gasteiger partial charge in [-0.25, -0.2) is 0 Å². The Hall–Kier alpha value is -1.62. The highest BCUT2D eigenvalue weighted by atomic mass is 16.6. The van der Waals surface area contributed by atoms with Crippen LogP contribution in [-0.4, -0.2) is 37.4 Å². The highest BCUT2D eigenvalue weighted by Gasteiger charge is 2.74. The topological polar surface area (TPSA) is 65.1 Å². The zero-order valence-corrected chi connectivity index (χ0v) is 12.1. The minimum absolute atomic E-state index is 0.0543. The molecule has 6 unspecified atom stereocenters. The van der Waals surface area contributed by atoms with Gasteiger partial charge in [-0.3, -0.25) is 9.59 Å². The molecule has 21 heavy (non-hydrogen) atoms. The second-order valence-corrected chi connectivity index (χ2v) is 5.97. The number of carbonyl (C=O) groups is 2. The molecule has 2 bridgehead atoms. The van der Waals surface area contributed by atoms with Gasteiger partial charge in [0.25, 0.3) is 0 Å². The first-order valence-corrected chi connectivity index (χ1v) is 7.32. The fourth-order valence-electron chi connectivity index (χ4n) is 4.23. The molecule has 0 spiro atoms. The second kappa shape index (κ2) is 5.30. The van der Waals surface area contributed by atoms with Gasteiger partial charge in [0.2, 0.25) is 0 Å². The molecular formula is C16H20O5. The first kappa shape index (κ1) is 14.3. The van der Waals surface area contributed by atoms with Gasteiger partial charge in [-0.2, -0.15) is 0 Å². The SMILES string of the molecule is C=CCOC(=O)C1C(C(=O)OCC=C)C2C(C)C1C1OC12. The zero-order chi connectivity index (χ0) is 15.1. The third kappa shape index (κ3) is 2.11. The van der Waals surface area contributed by atoms with E-state index in [4.69, 9.17) is 14.2 Å². The van der Waals surface area contributed by atoms with Crippen LogP contribution in [0, 0.1) is 29.6 Å². The Morgan fingerprint density at radius 3 is 1.81 bits per heavy atom. The molecule has 0 N–H and O–H groups in total. The number of hydrogen-bond donors (Lipinski definition) is 0. The van der Waals surface area contributed by atoms with Crippen LogP contribution >= 0.6 is 0 Å². The number of rotatable bonds is 6. The lowest BCUT2D eigenvalue weighted by molar-refractivity contribution is -0.161. The summed E-state index contributed by atoms with van der Waals surface area (Å²) in [5.74, 6) is -1.24. The number of ether oxygens (including phenoxy) is 3. The monoisotopic (exact) mass is 292 g/mol. The minimum Gasteiger partial charge on any atom is -0.461 e. The predicted octanol–water partition coefficient (Wildman–Crippen LogP) is 1.34. The van der Waals surface area contributed by atoms with Gasteiger partial charge >= 0.3 is 11.9 Å². The molecule has 0 amide bonds. The van der Waals surface area contributed by atoms with Gasteiger partial charge in [0.15, 0.2) is 0 Å². The Morgan fingerprint density at radius 2 is 1.43 bits per heavy atom. The largest absolute Gasteiger partial charge is 0.461 e. The van der Waals surface area contributed by atoms with Gasteiger partial charge in [-0.1, -0.05) is 32.2 Å². The Kier molecular flexibility index (Phi) is 3.61. The van der Waals surface area contributed by atoms with Crippen molar-refractivity contribution in [3.8, 4) is 0 Å². The van der Waals surface area contributed by atoms with E-state index in [-0.39, 0.29) is 55.1 Å². The molecular weight excluding hydrogens is 272 g/mol. The van der Waals surface area contributed by atoms with Crippen molar-refractivity contribution in [1.82, 2.24) is 0 Å². The van der Waals surface area contributed by atoms with E-state index in [1.54, 1.807) is 0 Å². The molecule has 2 saturated carbocycles. The molecule has 0 aromatic carbocycles. The molecule has 1 heterocycles. The van der Waals surface area contributed by atoms with E-state index in [9.17, 15) is 9.59 Å². The molecule has 0 aromatic rings. The van der Waals surface area contributed by atoms with Crippen LogP contribution < -0.4 is 0 Å². The fourth-order valence-corrected chi connectivity index (χ4v) is 4.23. The molecule has 2 aliphatic carbocycles. The van der Waals surface area contributed by atoms with Crippen LogP contribution in [0.3, 0.4) is 0 Å². The molecule has 114 valence electrons. The Bertz CT molecular complexity index is 443. The van der Waals surface area contributed by atoms with E-state index in [2.05, 4.69) is 20.1 Å². The lowest BCUT2D eigenvalue weighted by atomic mass is 9.79. The van der Waals surface area contributed by atoms with Crippen LogP contribution in [0.25, 0.3) is 0 Å². The van der Waals surface area contributed by atoms with E-state index in [1.807, 2.05) is 0 Å². The molecule has 5 heteroatoms. The van der Waals surface area contributed by atoms with E-state index in [0.29, 0.717) is 0 Å². The molecule has 3 fully saturated rings. The summed E-state index contributed by atoms with van der Waals surface area (Å²) >= 11 is 0. The van der Waals surface area contributed by atoms with Crippen LogP contribution in [0.5, 0.6) is 0 Å². The molecule has 3 aliphatic rings. The van der Waals surface area contributed by atoms with Crippen molar-refractivity contribution in [2.24, 2.45) is 29.6 Å². The Labute approximate surface area is 123 Å². The summed E-state index contributed by atoms with van der Waals surface area (Å²) in [5.41, 5.74) is 0. The first-order valence-electron chi connectivity index (χ1n) is 7.32. The summed E-state index contributed by atoms with van der Waals surface area (Å²) in [6.45, 7) is 9.47. The lowest BCUT2D eigenvalue weighted by Gasteiger charge is -2.25. The number of epoxide rings is 1. The number of hydrogen-bond acceptors (Lipinski definition) is 5. The predicted molar refractivity (Wildman–Crippen MR) is 74.1 cm³/mol. The van der Waals surface area contributed by atoms with Crippen molar-refractivity contribution < 1.29 is 23.8 Å². The molecule has 0 aromatic heterocycles. The smallest absolute Gasteiger partial charge is 0.310 e. The summed E-state index contributed by atoms with van der Waals surface area (Å²) in [6.07, 6.45) is 3.26. The summed E-state index contributed by atoms with van der Waals surface area (Å²) in [7, 11) is 0. The third-order valence-electron chi connectivity index (χ3n) is 4.98. The average molecular weight is 292 g/mol. The summed E-state index contributed by atoms with van der Waals surface area (Å²) in [5, 5.41) is 0. The quantitative estimate of drug-likeness (QED) is 0.420. The summed E-state index contributed by atoms with van der Waals surface area (Å²) < 4.78 is 16.0. The maximum absolute atomic E-state index is 12.3. The van der Waals surface area contributed by atoms with Crippen LogP contribution in [0.4, 0.5) is 0 Å². The Morgan fingerprint density at radius 1 is 1.00 bits per heavy atom. The fraction of sp³-hybridized carbons (Fsp3) is 0.625. The average Bonchev–Trinajstić information content (AvgIpc) is 3.16. The van der Waals surface area contributed by atoms with Crippen LogP contribution in [0.1, 0.15) is 6.92 Å². The third-order valence-corrected chi connectivity index (χ3v) is 4.98. The maximum Gasteiger partial charge on any atom is 0.310 e. The molecule has 1 aliphatic heterocycles. The van der Waals surface area contributed by atoms with Gasteiger partial charge in [-0.15, -0.1) is 0 Å². The van der Waals surface area contributed by atoms with Gasteiger partial charge in [0.1, 0.15) is 13.2 Å². The van der Waals surface area contributed by atoms with Gasteiger partial charge in [0.05, 0.1) is 24.0 Å². The van der Waals surface area contributed by atoms with Crippen molar-refractivity contribution >= 4 is 11.9 Å². The second-order valence-electron chi connectivity index (χ2n) is 5.97. The van der Waals surface area contributed by atoms with Crippen molar-refractivity contribution in [3.63, 3.8) is 0 Å². The summed E-state index contributed by atoms with van der Waals surface area (Å²) in [4.78, 5) is 24.7. The molecule has 5 nitrogen and oxygen atoms in total. The van der Waals surface area contributed by atoms with Crippen molar-refractivity contribution in [1.29, 1.82) is 0 Å². The Balaban J connectivity index is 1.80. The standard InChI is InChI=1S/C16H20O5/c1-4-6-19-15(17)11-9-8(3)10(14-13(9)21-14)12(11)16(18)20-7-5-2/h4-5,8-14H,1-2,6-7H2,3H3. The zero-order valence-electron chi connectivity index (χ0n) is 12.1. The van der Waals surface area contributed by atoms with Gasteiger partial charge < -0.3 is 14.2 Å². The van der Waals surface area contributed by atoms with Crippen LogP contribution in [0.15, 0.2) is 25.3 Å². The van der Waals surface area contributed by atoms with Gasteiger partial charge in [-0.05, 0) is 5.92 Å².